The number of rotatable bonds is 10. The van der Waals surface area contributed by atoms with Gasteiger partial charge < -0.3 is 20.3 Å². The molecule has 6 rings (SSSR count). The number of benzene rings is 1. The molecule has 1 aliphatic heterocycles. The van der Waals surface area contributed by atoms with Gasteiger partial charge in [-0.1, -0.05) is 45.6 Å². The minimum absolute atomic E-state index is 0.0760. The van der Waals surface area contributed by atoms with Crippen molar-refractivity contribution in [3.05, 3.63) is 47.5 Å². The zero-order chi connectivity index (χ0) is 34.7. The van der Waals surface area contributed by atoms with Crippen molar-refractivity contribution in [3.63, 3.8) is 0 Å². The number of carbonyl (C=O) groups excluding carboxylic acids is 4. The third kappa shape index (κ3) is 7.92. The molecule has 2 atom stereocenters. The molecule has 0 spiro atoms. The summed E-state index contributed by atoms with van der Waals surface area (Å²) in [6.45, 7) is 5.17. The van der Waals surface area contributed by atoms with E-state index in [1.165, 1.54) is 12.1 Å². The highest BCUT2D eigenvalue weighted by molar-refractivity contribution is 6.45. The quantitative estimate of drug-likeness (QED) is 0.334. The van der Waals surface area contributed by atoms with Crippen LogP contribution in [0.25, 0.3) is 0 Å². The molecule has 1 aromatic heterocycles. The highest BCUT2D eigenvalue weighted by Gasteiger charge is 2.52. The molecule has 0 radical (unpaired) electrons. The number of alkyl halides is 1. The second kappa shape index (κ2) is 14.9. The molecule has 49 heavy (non-hydrogen) atoms. The Bertz CT molecular complexity index is 1590. The van der Waals surface area contributed by atoms with Gasteiger partial charge in [0.1, 0.15) is 23.3 Å². The van der Waals surface area contributed by atoms with Gasteiger partial charge in [-0.05, 0) is 68.2 Å². The smallest absolute Gasteiger partial charge is 0.295 e. The average molecular weight is 681 g/mol. The molecule has 2 heterocycles. The van der Waals surface area contributed by atoms with E-state index in [1.807, 2.05) is 0 Å². The first kappa shape index (κ1) is 34.8. The highest BCUT2D eigenvalue weighted by Crippen LogP contribution is 2.40. The SMILES string of the molecule is CC1CCC(C(=NC(=O)c2ccnn2C2CCCC2)C(=O)Nc2ccc([C@H](C)[C@@H](NC(=O)C3(F)CC3)C(=O)N3CCOCC3)cc2F)CC1. The fourth-order valence-corrected chi connectivity index (χ4v) is 7.23. The second-order valence-electron chi connectivity index (χ2n) is 14.2. The summed E-state index contributed by atoms with van der Waals surface area (Å²) in [6.07, 6.45) is 8.90. The van der Waals surface area contributed by atoms with E-state index in [-0.39, 0.29) is 36.2 Å². The van der Waals surface area contributed by atoms with Crippen LogP contribution in [0.5, 0.6) is 0 Å². The fraction of sp³-hybridized carbons (Fsp3) is 0.611. The van der Waals surface area contributed by atoms with Gasteiger partial charge in [-0.3, -0.25) is 23.9 Å². The van der Waals surface area contributed by atoms with Gasteiger partial charge in [-0.2, -0.15) is 5.10 Å². The van der Waals surface area contributed by atoms with Crippen molar-refractivity contribution in [3.8, 4) is 0 Å². The Kier molecular flexibility index (Phi) is 10.6. The van der Waals surface area contributed by atoms with E-state index in [9.17, 15) is 23.6 Å². The Hall–Kier alpha value is -4.00. The number of hydrogen-bond acceptors (Lipinski definition) is 6. The van der Waals surface area contributed by atoms with Gasteiger partial charge in [-0.15, -0.1) is 0 Å². The molecule has 3 saturated carbocycles. The van der Waals surface area contributed by atoms with Crippen LogP contribution in [0.2, 0.25) is 0 Å². The van der Waals surface area contributed by atoms with E-state index < -0.39 is 47.1 Å². The molecule has 0 unspecified atom stereocenters. The second-order valence-corrected chi connectivity index (χ2v) is 14.2. The van der Waals surface area contributed by atoms with Gasteiger partial charge in [0.15, 0.2) is 5.67 Å². The van der Waals surface area contributed by atoms with Crippen LogP contribution in [-0.2, 0) is 19.1 Å². The lowest BCUT2D eigenvalue weighted by Gasteiger charge is -2.33. The van der Waals surface area contributed by atoms with Gasteiger partial charge in [0.2, 0.25) is 5.91 Å². The van der Waals surface area contributed by atoms with E-state index in [0.717, 1.165) is 38.5 Å². The van der Waals surface area contributed by atoms with E-state index in [0.29, 0.717) is 56.3 Å². The summed E-state index contributed by atoms with van der Waals surface area (Å²) < 4.78 is 37.4. The first-order chi connectivity index (χ1) is 23.5. The number of carbonyl (C=O) groups is 4. The lowest BCUT2D eigenvalue weighted by Crippen LogP contribution is -2.55. The van der Waals surface area contributed by atoms with Crippen molar-refractivity contribution >= 4 is 35.0 Å². The molecule has 4 amide bonds. The maximum absolute atomic E-state index is 15.7. The summed E-state index contributed by atoms with van der Waals surface area (Å²) in [4.78, 5) is 59.5. The van der Waals surface area contributed by atoms with Gasteiger partial charge in [0, 0.05) is 31.1 Å². The van der Waals surface area contributed by atoms with Crippen LogP contribution in [-0.4, -0.2) is 82.0 Å². The third-order valence-corrected chi connectivity index (χ3v) is 10.7. The van der Waals surface area contributed by atoms with Crippen LogP contribution in [0.1, 0.15) is 106 Å². The average Bonchev–Trinajstić information content (AvgIpc) is 3.44. The van der Waals surface area contributed by atoms with Crippen LogP contribution >= 0.6 is 0 Å². The first-order valence-electron chi connectivity index (χ1n) is 17.7. The molecule has 0 bridgehead atoms. The number of amides is 4. The van der Waals surface area contributed by atoms with Crippen molar-refractivity contribution in [1.82, 2.24) is 20.0 Å². The van der Waals surface area contributed by atoms with Crippen molar-refractivity contribution < 1.29 is 32.7 Å². The number of aromatic nitrogens is 2. The summed E-state index contributed by atoms with van der Waals surface area (Å²) in [5.41, 5.74) is -1.30. The zero-order valence-corrected chi connectivity index (χ0v) is 28.3. The summed E-state index contributed by atoms with van der Waals surface area (Å²) in [5, 5.41) is 9.62. The van der Waals surface area contributed by atoms with Crippen molar-refractivity contribution in [1.29, 1.82) is 0 Å². The van der Waals surface area contributed by atoms with E-state index in [2.05, 4.69) is 27.6 Å². The number of halogens is 2. The Morgan fingerprint density at radius 3 is 2.37 bits per heavy atom. The van der Waals surface area contributed by atoms with Crippen LogP contribution < -0.4 is 10.6 Å². The summed E-state index contributed by atoms with van der Waals surface area (Å²) in [6, 6.07) is 4.79. The lowest BCUT2D eigenvalue weighted by molar-refractivity contribution is -0.141. The molecular formula is C36H46F2N6O5. The summed E-state index contributed by atoms with van der Waals surface area (Å²) in [7, 11) is 0. The maximum Gasteiger partial charge on any atom is 0.295 e. The van der Waals surface area contributed by atoms with E-state index >= 15 is 4.39 Å². The zero-order valence-electron chi connectivity index (χ0n) is 28.3. The molecule has 264 valence electrons. The number of nitrogens with zero attached hydrogens (tertiary/aromatic N) is 4. The largest absolute Gasteiger partial charge is 0.378 e. The Morgan fingerprint density at radius 2 is 1.71 bits per heavy atom. The Labute approximate surface area is 285 Å². The minimum atomic E-state index is -1.99. The molecule has 2 N–H and O–H groups in total. The number of nitrogens with one attached hydrogen (secondary N) is 2. The fourth-order valence-electron chi connectivity index (χ4n) is 7.23. The van der Waals surface area contributed by atoms with Gasteiger partial charge in [0.05, 0.1) is 24.9 Å². The standard InChI is InChI=1S/C36H46F2N6O5/c1-22-7-9-24(10-8-22)31(41-32(45)29-13-16-39-44(29)26-5-3-4-6-26)33(46)40-28-12-11-25(21-27(28)37)23(2)30(42-35(48)36(38)14-15-36)34(47)43-17-19-49-20-18-43/h11-13,16,21-24,26,30H,3-10,14-15,17-20H2,1-2H3,(H,40,46)(H,42,48)/t22?,23-,24?,30+/m0/s1. The topological polar surface area (TPSA) is 135 Å². The van der Waals surface area contributed by atoms with E-state index in [4.69, 9.17) is 4.74 Å². The normalized spacial score (nSPS) is 23.8. The molecule has 4 fully saturated rings. The summed E-state index contributed by atoms with van der Waals surface area (Å²) in [5.74, 6) is -3.67. The third-order valence-electron chi connectivity index (χ3n) is 10.7. The predicted molar refractivity (Wildman–Crippen MR) is 178 cm³/mol. The number of morpholine rings is 1. The molecule has 1 aromatic carbocycles. The van der Waals surface area contributed by atoms with E-state index in [1.54, 1.807) is 34.8 Å². The maximum atomic E-state index is 15.7. The number of anilines is 1. The highest BCUT2D eigenvalue weighted by atomic mass is 19.1. The molecule has 11 nitrogen and oxygen atoms in total. The van der Waals surface area contributed by atoms with Crippen molar-refractivity contribution in [2.45, 2.75) is 102 Å². The number of aliphatic imine (C=N–C) groups is 1. The molecule has 3 aliphatic carbocycles. The van der Waals surface area contributed by atoms with Crippen LogP contribution in [0.4, 0.5) is 14.5 Å². The molecule has 1 saturated heterocycles. The Morgan fingerprint density at radius 1 is 1.02 bits per heavy atom. The number of ether oxygens (including phenoxy) is 1. The van der Waals surface area contributed by atoms with Gasteiger partial charge >= 0.3 is 0 Å². The first-order valence-corrected chi connectivity index (χ1v) is 17.7. The van der Waals surface area contributed by atoms with Crippen molar-refractivity contribution in [2.24, 2.45) is 16.8 Å². The van der Waals surface area contributed by atoms with Crippen LogP contribution in [0.3, 0.4) is 0 Å². The molecule has 13 heteroatoms. The van der Waals surface area contributed by atoms with Gasteiger partial charge in [-0.25, -0.2) is 13.8 Å². The Balaban J connectivity index is 1.22. The van der Waals surface area contributed by atoms with Crippen LogP contribution in [0.15, 0.2) is 35.5 Å². The lowest BCUT2D eigenvalue weighted by atomic mass is 9.80. The molecule has 4 aliphatic rings. The number of hydrogen-bond donors (Lipinski definition) is 2. The molecule has 2 aromatic rings. The summed E-state index contributed by atoms with van der Waals surface area (Å²) >= 11 is 0. The monoisotopic (exact) mass is 680 g/mol. The van der Waals surface area contributed by atoms with Crippen LogP contribution in [0, 0.1) is 17.7 Å². The van der Waals surface area contributed by atoms with Crippen molar-refractivity contribution in [2.75, 3.05) is 31.6 Å². The molecular weight excluding hydrogens is 634 g/mol. The van der Waals surface area contributed by atoms with Gasteiger partial charge in [0.25, 0.3) is 17.7 Å². The minimum Gasteiger partial charge on any atom is -0.378 e. The predicted octanol–water partition coefficient (Wildman–Crippen LogP) is 5.13.